The van der Waals surface area contributed by atoms with Crippen molar-refractivity contribution in [1.82, 2.24) is 14.9 Å². The van der Waals surface area contributed by atoms with Crippen molar-refractivity contribution >= 4 is 39.8 Å². The van der Waals surface area contributed by atoms with Crippen LogP contribution in [0.25, 0.3) is 10.9 Å². The molecule has 1 heterocycles. The molecule has 0 spiro atoms. The minimum Gasteiger partial charge on any atom is -0.355 e. The molecule has 8 heteroatoms. The van der Waals surface area contributed by atoms with Crippen molar-refractivity contribution in [2.24, 2.45) is 0 Å². The number of rotatable bonds is 6. The van der Waals surface area contributed by atoms with Crippen LogP contribution >= 0.6 is 12.2 Å². The van der Waals surface area contributed by atoms with Crippen molar-refractivity contribution in [3.05, 3.63) is 39.4 Å². The van der Waals surface area contributed by atoms with Crippen molar-refractivity contribution in [3.63, 3.8) is 0 Å². The third-order valence-corrected chi connectivity index (χ3v) is 5.23. The Balaban J connectivity index is 2.08. The van der Waals surface area contributed by atoms with E-state index in [0.29, 0.717) is 22.2 Å². The maximum absolute atomic E-state index is 12.4. The average molecular weight is 353 g/mol. The summed E-state index contributed by atoms with van der Waals surface area (Å²) in [5.41, 5.74) is 0.475. The van der Waals surface area contributed by atoms with E-state index in [0.717, 1.165) is 0 Å². The number of nitrogens with zero attached hydrogens (tertiary/aromatic N) is 1. The van der Waals surface area contributed by atoms with Gasteiger partial charge in [-0.15, -0.1) is 0 Å². The molecule has 0 aliphatic rings. The van der Waals surface area contributed by atoms with Gasteiger partial charge in [-0.1, -0.05) is 12.1 Å². The van der Waals surface area contributed by atoms with Crippen LogP contribution in [0.2, 0.25) is 0 Å². The zero-order valence-corrected chi connectivity index (χ0v) is 14.6. The number of aromatic amines is 1. The van der Waals surface area contributed by atoms with E-state index in [-0.39, 0.29) is 29.7 Å². The lowest BCUT2D eigenvalue weighted by Gasteiger charge is -2.11. The molecule has 0 aliphatic heterocycles. The first-order valence-electron chi connectivity index (χ1n) is 7.21. The van der Waals surface area contributed by atoms with Crippen molar-refractivity contribution in [1.29, 1.82) is 0 Å². The quantitative estimate of drug-likeness (QED) is 0.768. The Kier molecular flexibility index (Phi) is 5.84. The van der Waals surface area contributed by atoms with Gasteiger partial charge in [0.1, 0.15) is 0 Å². The molecule has 2 rings (SSSR count). The van der Waals surface area contributed by atoms with Gasteiger partial charge in [0.2, 0.25) is 5.91 Å². The van der Waals surface area contributed by atoms with E-state index >= 15 is 0 Å². The van der Waals surface area contributed by atoms with Crippen LogP contribution < -0.4 is 10.9 Å². The highest BCUT2D eigenvalue weighted by Crippen LogP contribution is 2.06. The highest BCUT2D eigenvalue weighted by atomic mass is 32.2. The fraction of sp³-hybridized carbons (Fsp3) is 0.400. The highest BCUT2D eigenvalue weighted by Gasteiger charge is 2.10. The fourth-order valence-corrected chi connectivity index (χ4v) is 2.68. The van der Waals surface area contributed by atoms with Gasteiger partial charge < -0.3 is 10.3 Å². The van der Waals surface area contributed by atoms with Crippen LogP contribution in [0, 0.1) is 4.77 Å². The van der Waals surface area contributed by atoms with Gasteiger partial charge >= 0.3 is 0 Å². The molecule has 0 radical (unpaired) electrons. The van der Waals surface area contributed by atoms with Crippen LogP contribution in [0.3, 0.4) is 0 Å². The summed E-state index contributed by atoms with van der Waals surface area (Å²) in [5, 5.41) is 3.15. The fourth-order valence-electron chi connectivity index (χ4n) is 2.08. The van der Waals surface area contributed by atoms with Crippen LogP contribution in [0.15, 0.2) is 29.1 Å². The van der Waals surface area contributed by atoms with Gasteiger partial charge in [-0.3, -0.25) is 18.4 Å². The van der Waals surface area contributed by atoms with Crippen LogP contribution in [0.1, 0.15) is 13.3 Å². The second kappa shape index (κ2) is 7.65. The molecular weight excluding hydrogens is 334 g/mol. The predicted octanol–water partition coefficient (Wildman–Crippen LogP) is 1.33. The van der Waals surface area contributed by atoms with E-state index in [2.05, 4.69) is 10.3 Å². The lowest BCUT2D eigenvalue weighted by molar-refractivity contribution is -0.121. The standard InChI is InChI=1S/C15H19N3O3S2/c1-10(23(2)21)9-16-13(19)7-8-18-14(20)11-5-3-4-6-12(11)17-15(18)22/h3-6,10H,7-9H2,1-2H3,(H,16,19)(H,17,22). The van der Waals surface area contributed by atoms with Crippen LogP contribution in [0.4, 0.5) is 0 Å². The molecule has 0 fully saturated rings. The molecule has 1 aromatic heterocycles. The Hall–Kier alpha value is -1.80. The number of para-hydroxylation sites is 1. The Labute approximate surface area is 141 Å². The number of nitrogens with one attached hydrogen (secondary N) is 2. The van der Waals surface area contributed by atoms with Crippen LogP contribution in [0.5, 0.6) is 0 Å². The second-order valence-corrected chi connectivity index (χ2v) is 7.48. The third-order valence-electron chi connectivity index (χ3n) is 3.61. The third kappa shape index (κ3) is 4.35. The average Bonchev–Trinajstić information content (AvgIpc) is 2.52. The Morgan fingerprint density at radius 3 is 2.83 bits per heavy atom. The molecule has 1 amide bonds. The van der Waals surface area contributed by atoms with Crippen molar-refractivity contribution < 1.29 is 9.00 Å². The van der Waals surface area contributed by atoms with Gasteiger partial charge in [-0.25, -0.2) is 0 Å². The van der Waals surface area contributed by atoms with E-state index < -0.39 is 10.8 Å². The number of carbonyl (C=O) groups is 1. The van der Waals surface area contributed by atoms with E-state index in [4.69, 9.17) is 12.2 Å². The Morgan fingerprint density at radius 1 is 1.43 bits per heavy atom. The molecule has 23 heavy (non-hydrogen) atoms. The number of carbonyl (C=O) groups excluding carboxylic acids is 1. The largest absolute Gasteiger partial charge is 0.355 e. The van der Waals surface area contributed by atoms with Crippen molar-refractivity contribution in [3.8, 4) is 0 Å². The zero-order chi connectivity index (χ0) is 17.0. The van der Waals surface area contributed by atoms with E-state index in [1.807, 2.05) is 6.07 Å². The number of hydrogen-bond donors (Lipinski definition) is 2. The number of amides is 1. The molecule has 124 valence electrons. The first kappa shape index (κ1) is 17.6. The summed E-state index contributed by atoms with van der Waals surface area (Å²) in [6.07, 6.45) is 1.74. The van der Waals surface area contributed by atoms with E-state index in [1.165, 1.54) is 4.57 Å². The van der Waals surface area contributed by atoms with Crippen LogP contribution in [-0.4, -0.2) is 37.7 Å². The number of H-pyrrole nitrogens is 1. The predicted molar refractivity (Wildman–Crippen MR) is 94.5 cm³/mol. The molecular formula is C15H19N3O3S2. The van der Waals surface area contributed by atoms with Gasteiger partial charge in [0.05, 0.1) is 10.9 Å². The molecule has 0 saturated carbocycles. The Morgan fingerprint density at radius 2 is 2.13 bits per heavy atom. The second-order valence-electron chi connectivity index (χ2n) is 5.30. The minimum atomic E-state index is -0.981. The summed E-state index contributed by atoms with van der Waals surface area (Å²) in [6, 6.07) is 7.11. The van der Waals surface area contributed by atoms with E-state index in [1.54, 1.807) is 31.4 Å². The number of aromatic nitrogens is 2. The summed E-state index contributed by atoms with van der Waals surface area (Å²) in [6.45, 7) is 2.36. The van der Waals surface area contributed by atoms with Gasteiger partial charge in [0, 0.05) is 41.8 Å². The summed E-state index contributed by atoms with van der Waals surface area (Å²) in [4.78, 5) is 27.3. The lowest BCUT2D eigenvalue weighted by Crippen LogP contribution is -2.34. The van der Waals surface area contributed by atoms with Crippen molar-refractivity contribution in [2.45, 2.75) is 25.1 Å². The summed E-state index contributed by atoms with van der Waals surface area (Å²) >= 11 is 5.19. The SMILES string of the molecule is CC(CNC(=O)CCn1c(=S)[nH]c2ccccc2c1=O)S(C)=O. The molecule has 0 bridgehead atoms. The summed E-state index contributed by atoms with van der Waals surface area (Å²) in [7, 11) is -0.981. The van der Waals surface area contributed by atoms with Crippen LogP contribution in [-0.2, 0) is 22.1 Å². The molecule has 2 atom stereocenters. The minimum absolute atomic E-state index is 0.106. The van der Waals surface area contributed by atoms with Gasteiger partial charge in [-0.2, -0.15) is 0 Å². The molecule has 0 saturated heterocycles. The zero-order valence-electron chi connectivity index (χ0n) is 13.0. The first-order valence-corrected chi connectivity index (χ1v) is 9.24. The molecule has 1 aromatic carbocycles. The van der Waals surface area contributed by atoms with Gasteiger partial charge in [-0.05, 0) is 31.3 Å². The lowest BCUT2D eigenvalue weighted by atomic mass is 10.2. The van der Waals surface area contributed by atoms with Gasteiger partial charge in [0.15, 0.2) is 4.77 Å². The summed E-state index contributed by atoms with van der Waals surface area (Å²) < 4.78 is 12.9. The Bertz CT molecular complexity index is 857. The normalized spacial score (nSPS) is 13.7. The first-order chi connectivity index (χ1) is 10.9. The molecule has 2 N–H and O–H groups in total. The molecule has 6 nitrogen and oxygen atoms in total. The van der Waals surface area contributed by atoms with E-state index in [9.17, 15) is 13.8 Å². The highest BCUT2D eigenvalue weighted by molar-refractivity contribution is 7.84. The molecule has 2 aromatic rings. The maximum atomic E-state index is 12.4. The number of hydrogen-bond acceptors (Lipinski definition) is 4. The maximum Gasteiger partial charge on any atom is 0.262 e. The van der Waals surface area contributed by atoms with Gasteiger partial charge in [0.25, 0.3) is 5.56 Å². The smallest absolute Gasteiger partial charge is 0.262 e. The monoisotopic (exact) mass is 353 g/mol. The molecule has 2 unspecified atom stereocenters. The summed E-state index contributed by atoms with van der Waals surface area (Å²) in [5.74, 6) is -0.197. The number of fused-ring (bicyclic) bond motifs is 1. The topological polar surface area (TPSA) is 84.0 Å². The number of benzene rings is 1. The molecule has 0 aliphatic carbocycles. The van der Waals surface area contributed by atoms with Crippen molar-refractivity contribution in [2.75, 3.05) is 12.8 Å².